The summed E-state index contributed by atoms with van der Waals surface area (Å²) in [6, 6.07) is 0. The second kappa shape index (κ2) is 7.85. The number of hydrogen-bond donors (Lipinski definition) is 4. The van der Waals surface area contributed by atoms with E-state index >= 15 is 0 Å². The van der Waals surface area contributed by atoms with Crippen LogP contribution < -0.4 is 22.1 Å². The fourth-order valence-corrected chi connectivity index (χ4v) is 0.689. The summed E-state index contributed by atoms with van der Waals surface area (Å²) in [6.07, 6.45) is 3.80. The number of alkyl halides is 1. The van der Waals surface area contributed by atoms with Crippen molar-refractivity contribution in [3.63, 3.8) is 0 Å². The Hall–Kier alpha value is -0.780. The predicted octanol–water partition coefficient (Wildman–Crippen LogP) is -0.964. The van der Waals surface area contributed by atoms with E-state index < -0.39 is 5.62 Å². The Kier molecular flexibility index (Phi) is 7.38. The summed E-state index contributed by atoms with van der Waals surface area (Å²) in [4.78, 5) is 10.3. The molecule has 0 bridgehead atoms. The largest absolute Gasteiger partial charge is 0.370 e. The van der Waals surface area contributed by atoms with E-state index in [0.29, 0.717) is 19.5 Å². The molecule has 0 aliphatic rings. The third-order valence-corrected chi connectivity index (χ3v) is 1.31. The first kappa shape index (κ1) is 12.2. The molecule has 1 amide bonds. The van der Waals surface area contributed by atoms with Gasteiger partial charge in [-0.05, 0) is 6.20 Å². The van der Waals surface area contributed by atoms with E-state index in [9.17, 15) is 4.79 Å². The number of amides is 1. The van der Waals surface area contributed by atoms with Gasteiger partial charge in [-0.3, -0.25) is 10.5 Å². The second-order valence-electron chi connectivity index (χ2n) is 2.39. The van der Waals surface area contributed by atoms with Gasteiger partial charge in [0.15, 0.2) is 5.62 Å². The lowest BCUT2D eigenvalue weighted by molar-refractivity contribution is -0.117. The van der Waals surface area contributed by atoms with Crippen LogP contribution in [0.3, 0.4) is 0 Å². The van der Waals surface area contributed by atoms with Crippen molar-refractivity contribution < 1.29 is 4.79 Å². The molecule has 0 saturated heterocycles. The van der Waals surface area contributed by atoms with Crippen molar-refractivity contribution in [2.75, 3.05) is 13.1 Å². The average Bonchev–Trinajstić information content (AvgIpc) is 2.01. The number of rotatable bonds is 7. The Morgan fingerprint density at radius 3 is 2.85 bits per heavy atom. The van der Waals surface area contributed by atoms with Crippen molar-refractivity contribution in [2.45, 2.75) is 12.0 Å². The van der Waals surface area contributed by atoms with Gasteiger partial charge in [0.1, 0.15) is 0 Å². The van der Waals surface area contributed by atoms with Crippen LogP contribution in [0.15, 0.2) is 12.3 Å². The first-order valence-corrected chi connectivity index (χ1v) is 4.36. The maximum absolute atomic E-state index is 10.3. The molecule has 1 atom stereocenters. The summed E-state index contributed by atoms with van der Waals surface area (Å²) < 4.78 is 0. The Balaban J connectivity index is 3.15. The summed E-state index contributed by atoms with van der Waals surface area (Å²) in [5.74, 6) is -0.308. The van der Waals surface area contributed by atoms with Crippen molar-refractivity contribution in [1.29, 1.82) is 0 Å². The molecule has 0 heterocycles. The van der Waals surface area contributed by atoms with Crippen LogP contribution in [0.1, 0.15) is 6.42 Å². The van der Waals surface area contributed by atoms with Crippen LogP contribution in [0.25, 0.3) is 0 Å². The van der Waals surface area contributed by atoms with Gasteiger partial charge in [-0.25, -0.2) is 0 Å². The lowest BCUT2D eigenvalue weighted by Crippen LogP contribution is -2.27. The van der Waals surface area contributed by atoms with Crippen LogP contribution in [0.4, 0.5) is 0 Å². The van der Waals surface area contributed by atoms with Gasteiger partial charge in [0, 0.05) is 19.5 Å². The molecule has 0 aromatic heterocycles. The van der Waals surface area contributed by atoms with Crippen molar-refractivity contribution >= 4 is 17.5 Å². The Labute approximate surface area is 82.5 Å². The van der Waals surface area contributed by atoms with Gasteiger partial charge in [-0.1, -0.05) is 17.7 Å². The number of carbonyl (C=O) groups is 1. The zero-order chi connectivity index (χ0) is 10.1. The van der Waals surface area contributed by atoms with Crippen molar-refractivity contribution in [3.05, 3.63) is 12.3 Å². The first-order valence-electron chi connectivity index (χ1n) is 3.92. The minimum absolute atomic E-state index is 0.308. The van der Waals surface area contributed by atoms with E-state index in [-0.39, 0.29) is 5.91 Å². The Morgan fingerprint density at radius 1 is 1.62 bits per heavy atom. The van der Waals surface area contributed by atoms with E-state index in [1.165, 1.54) is 0 Å². The van der Waals surface area contributed by atoms with E-state index in [2.05, 4.69) is 10.6 Å². The third kappa shape index (κ3) is 11.2. The topological polar surface area (TPSA) is 93.2 Å². The van der Waals surface area contributed by atoms with Crippen molar-refractivity contribution in [2.24, 2.45) is 11.5 Å². The molecule has 0 fully saturated rings. The highest BCUT2D eigenvalue weighted by Crippen LogP contribution is 1.77. The maximum Gasteiger partial charge on any atom is 0.218 e. The van der Waals surface area contributed by atoms with Gasteiger partial charge in [0.05, 0.1) is 0 Å². The molecule has 0 spiro atoms. The molecule has 0 aliphatic carbocycles. The quantitative estimate of drug-likeness (QED) is 0.187. The lowest BCUT2D eigenvalue weighted by Gasteiger charge is -2.01. The zero-order valence-electron chi connectivity index (χ0n) is 7.29. The van der Waals surface area contributed by atoms with Crippen LogP contribution in [0.5, 0.6) is 0 Å². The predicted molar refractivity (Wildman–Crippen MR) is 52.8 cm³/mol. The molecule has 0 aromatic carbocycles. The summed E-state index contributed by atoms with van der Waals surface area (Å²) in [6.45, 7) is 1.22. The zero-order valence-corrected chi connectivity index (χ0v) is 8.05. The summed E-state index contributed by atoms with van der Waals surface area (Å²) in [7, 11) is 0. The molecule has 1 unspecified atom stereocenters. The molecule has 0 aromatic rings. The number of halogens is 1. The Morgan fingerprint density at radius 2 is 2.31 bits per heavy atom. The summed E-state index contributed by atoms with van der Waals surface area (Å²) >= 11 is 5.39. The highest BCUT2D eigenvalue weighted by atomic mass is 35.5. The van der Waals surface area contributed by atoms with E-state index in [1.807, 2.05) is 6.08 Å². The van der Waals surface area contributed by atoms with E-state index in [4.69, 9.17) is 23.1 Å². The van der Waals surface area contributed by atoms with Gasteiger partial charge in [0.25, 0.3) is 0 Å². The molecule has 6 heteroatoms. The first-order chi connectivity index (χ1) is 6.13. The molecule has 6 N–H and O–H groups in total. The molecule has 0 radical (unpaired) electrons. The molecule has 0 rings (SSSR count). The number of hydrogen-bond acceptors (Lipinski definition) is 4. The maximum atomic E-state index is 10.3. The average molecular weight is 207 g/mol. The molecule has 13 heavy (non-hydrogen) atoms. The van der Waals surface area contributed by atoms with Crippen molar-refractivity contribution in [1.82, 2.24) is 10.6 Å². The van der Waals surface area contributed by atoms with Gasteiger partial charge in [-0.2, -0.15) is 0 Å². The third-order valence-electron chi connectivity index (χ3n) is 1.18. The van der Waals surface area contributed by atoms with Gasteiger partial charge >= 0.3 is 0 Å². The van der Waals surface area contributed by atoms with Crippen LogP contribution in [-0.2, 0) is 4.79 Å². The second-order valence-corrected chi connectivity index (χ2v) is 2.86. The SMILES string of the molecule is NC(=O)CCNC/C=C\NC(N)Cl. The van der Waals surface area contributed by atoms with Crippen LogP contribution >= 0.6 is 11.6 Å². The number of nitrogens with two attached hydrogens (primary N) is 2. The highest BCUT2D eigenvalue weighted by Gasteiger charge is 1.91. The highest BCUT2D eigenvalue weighted by molar-refractivity contribution is 6.19. The number of nitrogens with one attached hydrogen (secondary N) is 2. The molecular formula is C7H15ClN4O. The normalized spacial score (nSPS) is 13.1. The Bertz CT molecular complexity index is 172. The molecule has 76 valence electrons. The minimum atomic E-state index is -0.568. The smallest absolute Gasteiger partial charge is 0.218 e. The summed E-state index contributed by atoms with van der Waals surface area (Å²) in [5, 5.41) is 5.66. The number of primary amides is 1. The molecule has 0 saturated carbocycles. The van der Waals surface area contributed by atoms with Crippen LogP contribution in [-0.4, -0.2) is 24.6 Å². The fourth-order valence-electron chi connectivity index (χ4n) is 0.616. The molecule has 0 aliphatic heterocycles. The summed E-state index contributed by atoms with van der Waals surface area (Å²) in [5.41, 5.74) is 9.56. The van der Waals surface area contributed by atoms with Crippen LogP contribution in [0.2, 0.25) is 0 Å². The van der Waals surface area contributed by atoms with Gasteiger partial charge in [0.2, 0.25) is 5.91 Å². The van der Waals surface area contributed by atoms with Crippen molar-refractivity contribution in [3.8, 4) is 0 Å². The lowest BCUT2D eigenvalue weighted by atomic mass is 10.4. The van der Waals surface area contributed by atoms with E-state index in [1.54, 1.807) is 6.20 Å². The monoisotopic (exact) mass is 206 g/mol. The van der Waals surface area contributed by atoms with Crippen LogP contribution in [0, 0.1) is 0 Å². The fraction of sp³-hybridized carbons (Fsp3) is 0.571. The standard InChI is InChI=1S/C7H15ClN4O/c8-7(10)12-4-1-3-11-5-2-6(9)13/h1,4,7,11-12H,2-3,5,10H2,(H2,9,13)/b4-1-. The van der Waals surface area contributed by atoms with E-state index in [0.717, 1.165) is 0 Å². The number of carbonyl (C=O) groups excluding carboxylic acids is 1. The van der Waals surface area contributed by atoms with Gasteiger partial charge in [-0.15, -0.1) is 0 Å². The minimum Gasteiger partial charge on any atom is -0.370 e. The molecular weight excluding hydrogens is 192 g/mol. The molecule has 5 nitrogen and oxygen atoms in total. The van der Waals surface area contributed by atoms with Gasteiger partial charge < -0.3 is 16.4 Å².